The molecular formula is C12H16N2O. The smallest absolute Gasteiger partial charge is 0.0991 e. The Morgan fingerprint density at radius 2 is 2.20 bits per heavy atom. The van der Waals surface area contributed by atoms with Crippen LogP contribution in [0.4, 0.5) is 0 Å². The number of nitrogens with one attached hydrogen (secondary N) is 1. The van der Waals surface area contributed by atoms with Crippen LogP contribution >= 0.6 is 0 Å². The van der Waals surface area contributed by atoms with Gasteiger partial charge >= 0.3 is 0 Å². The fourth-order valence-electron chi connectivity index (χ4n) is 1.45. The van der Waals surface area contributed by atoms with Crippen molar-refractivity contribution in [1.29, 1.82) is 5.26 Å². The van der Waals surface area contributed by atoms with E-state index in [2.05, 4.69) is 11.4 Å². The largest absolute Gasteiger partial charge is 0.395 e. The summed E-state index contributed by atoms with van der Waals surface area (Å²) in [6.07, 6.45) is 0. The van der Waals surface area contributed by atoms with Crippen molar-refractivity contribution in [2.75, 3.05) is 6.61 Å². The quantitative estimate of drug-likeness (QED) is 0.783. The lowest BCUT2D eigenvalue weighted by molar-refractivity contribution is 0.243. The summed E-state index contributed by atoms with van der Waals surface area (Å²) >= 11 is 0. The van der Waals surface area contributed by atoms with Crippen molar-refractivity contribution in [3.63, 3.8) is 0 Å². The highest BCUT2D eigenvalue weighted by Gasteiger charge is 2.08. The number of aliphatic hydroxyl groups is 1. The minimum atomic E-state index is 0.0609. The predicted octanol–water partition coefficient (Wildman–Crippen LogP) is 1.59. The van der Waals surface area contributed by atoms with Gasteiger partial charge in [0.15, 0.2) is 0 Å². The lowest BCUT2D eigenvalue weighted by atomic mass is 10.1. The summed E-state index contributed by atoms with van der Waals surface area (Å²) in [5, 5.41) is 20.9. The lowest BCUT2D eigenvalue weighted by Gasteiger charge is -2.18. The lowest BCUT2D eigenvalue weighted by Crippen LogP contribution is -2.31. The normalized spacial score (nSPS) is 14.3. The molecule has 0 aromatic heterocycles. The van der Waals surface area contributed by atoms with Crippen LogP contribution in [0.1, 0.15) is 31.0 Å². The molecule has 1 aromatic rings. The number of nitrogens with zero attached hydrogens (tertiary/aromatic N) is 1. The maximum atomic E-state index is 8.92. The van der Waals surface area contributed by atoms with Gasteiger partial charge in [0.2, 0.25) is 0 Å². The van der Waals surface area contributed by atoms with Crippen molar-refractivity contribution in [2.45, 2.75) is 25.9 Å². The van der Waals surface area contributed by atoms with Crippen LogP contribution in [0.5, 0.6) is 0 Å². The third-order valence-corrected chi connectivity index (χ3v) is 2.32. The van der Waals surface area contributed by atoms with E-state index in [-0.39, 0.29) is 18.7 Å². The zero-order chi connectivity index (χ0) is 11.3. The Balaban J connectivity index is 2.73. The molecule has 0 aliphatic heterocycles. The molecule has 2 N–H and O–H groups in total. The second-order valence-corrected chi connectivity index (χ2v) is 3.71. The average molecular weight is 204 g/mol. The fourth-order valence-corrected chi connectivity index (χ4v) is 1.45. The number of hydrogen-bond acceptors (Lipinski definition) is 3. The number of benzene rings is 1. The van der Waals surface area contributed by atoms with E-state index in [0.29, 0.717) is 5.56 Å². The second kappa shape index (κ2) is 5.50. The summed E-state index contributed by atoms with van der Waals surface area (Å²) in [4.78, 5) is 0. The van der Waals surface area contributed by atoms with Gasteiger partial charge in [0.05, 0.1) is 18.2 Å². The first-order valence-electron chi connectivity index (χ1n) is 5.04. The molecule has 0 radical (unpaired) electrons. The van der Waals surface area contributed by atoms with Gasteiger partial charge in [0.1, 0.15) is 0 Å². The Labute approximate surface area is 90.4 Å². The zero-order valence-electron chi connectivity index (χ0n) is 9.07. The first-order valence-corrected chi connectivity index (χ1v) is 5.04. The molecule has 15 heavy (non-hydrogen) atoms. The first kappa shape index (κ1) is 11.7. The molecule has 2 atom stereocenters. The summed E-state index contributed by atoms with van der Waals surface area (Å²) in [6.45, 7) is 4.05. The van der Waals surface area contributed by atoms with Crippen LogP contribution in [0.2, 0.25) is 0 Å². The highest BCUT2D eigenvalue weighted by molar-refractivity contribution is 5.34. The maximum absolute atomic E-state index is 8.92. The molecule has 0 heterocycles. The van der Waals surface area contributed by atoms with Crippen molar-refractivity contribution >= 4 is 0 Å². The molecule has 0 saturated heterocycles. The van der Waals surface area contributed by atoms with E-state index < -0.39 is 0 Å². The maximum Gasteiger partial charge on any atom is 0.0991 e. The van der Waals surface area contributed by atoms with Crippen molar-refractivity contribution in [2.24, 2.45) is 0 Å². The van der Waals surface area contributed by atoms with Crippen molar-refractivity contribution < 1.29 is 5.11 Å². The van der Waals surface area contributed by atoms with Crippen LogP contribution in [0.25, 0.3) is 0 Å². The van der Waals surface area contributed by atoms with E-state index in [1.807, 2.05) is 32.0 Å². The highest BCUT2D eigenvalue weighted by atomic mass is 16.3. The van der Waals surface area contributed by atoms with Crippen molar-refractivity contribution in [3.05, 3.63) is 35.4 Å². The van der Waals surface area contributed by atoms with Gasteiger partial charge in [-0.1, -0.05) is 12.1 Å². The van der Waals surface area contributed by atoms with Gasteiger partial charge in [-0.15, -0.1) is 0 Å². The van der Waals surface area contributed by atoms with Crippen molar-refractivity contribution in [1.82, 2.24) is 5.32 Å². The molecule has 0 amide bonds. The van der Waals surface area contributed by atoms with Crippen molar-refractivity contribution in [3.8, 4) is 6.07 Å². The molecule has 0 fully saturated rings. The number of hydrogen-bond donors (Lipinski definition) is 2. The molecule has 3 heteroatoms. The van der Waals surface area contributed by atoms with Crippen LogP contribution in [0, 0.1) is 11.3 Å². The Kier molecular flexibility index (Phi) is 4.29. The molecule has 0 aliphatic rings. The molecule has 0 spiro atoms. The van der Waals surface area contributed by atoms with E-state index in [9.17, 15) is 0 Å². The molecule has 80 valence electrons. The molecule has 1 rings (SSSR count). The van der Waals surface area contributed by atoms with Gasteiger partial charge < -0.3 is 10.4 Å². The molecule has 1 aromatic carbocycles. The Bertz CT molecular complexity index is 357. The zero-order valence-corrected chi connectivity index (χ0v) is 9.07. The fraction of sp³-hybridized carbons (Fsp3) is 0.417. The predicted molar refractivity (Wildman–Crippen MR) is 59.3 cm³/mol. The molecule has 0 aliphatic carbocycles. The minimum Gasteiger partial charge on any atom is -0.395 e. The van der Waals surface area contributed by atoms with Crippen LogP contribution in [-0.2, 0) is 0 Å². The van der Waals surface area contributed by atoms with Crippen LogP contribution < -0.4 is 5.32 Å². The van der Waals surface area contributed by atoms with E-state index in [1.165, 1.54) is 0 Å². The highest BCUT2D eigenvalue weighted by Crippen LogP contribution is 2.14. The van der Waals surface area contributed by atoms with Crippen LogP contribution in [-0.4, -0.2) is 17.8 Å². The summed E-state index contributed by atoms with van der Waals surface area (Å²) in [6, 6.07) is 9.80. The number of nitriles is 1. The summed E-state index contributed by atoms with van der Waals surface area (Å²) in [7, 11) is 0. The number of aliphatic hydroxyl groups excluding tert-OH is 1. The number of rotatable bonds is 4. The van der Waals surface area contributed by atoms with Gasteiger partial charge in [0.25, 0.3) is 0 Å². The molecular weight excluding hydrogens is 188 g/mol. The van der Waals surface area contributed by atoms with Gasteiger partial charge in [-0.25, -0.2) is 0 Å². The van der Waals surface area contributed by atoms with Crippen LogP contribution in [0.15, 0.2) is 24.3 Å². The van der Waals surface area contributed by atoms with Gasteiger partial charge in [0, 0.05) is 12.1 Å². The summed E-state index contributed by atoms with van der Waals surface area (Å²) in [5.41, 5.74) is 1.73. The minimum absolute atomic E-state index is 0.0609. The molecule has 0 saturated carbocycles. The second-order valence-electron chi connectivity index (χ2n) is 3.71. The first-order chi connectivity index (χ1) is 7.17. The van der Waals surface area contributed by atoms with Gasteiger partial charge in [-0.05, 0) is 31.5 Å². The third-order valence-electron chi connectivity index (χ3n) is 2.32. The van der Waals surface area contributed by atoms with E-state index in [0.717, 1.165) is 5.56 Å². The molecule has 3 nitrogen and oxygen atoms in total. The van der Waals surface area contributed by atoms with E-state index >= 15 is 0 Å². The molecule has 0 unspecified atom stereocenters. The Morgan fingerprint density at radius 1 is 1.47 bits per heavy atom. The van der Waals surface area contributed by atoms with E-state index in [4.69, 9.17) is 10.4 Å². The third kappa shape index (κ3) is 3.35. The van der Waals surface area contributed by atoms with Gasteiger partial charge in [-0.3, -0.25) is 0 Å². The molecule has 0 bridgehead atoms. The standard InChI is InChI=1S/C12H16N2O/c1-9(8-15)14-10(2)12-5-3-4-11(6-12)7-13/h3-6,9-10,14-15H,8H2,1-2H3/t9-,10+/m0/s1. The summed E-state index contributed by atoms with van der Waals surface area (Å²) < 4.78 is 0. The van der Waals surface area contributed by atoms with E-state index in [1.54, 1.807) is 6.07 Å². The topological polar surface area (TPSA) is 56.0 Å². The average Bonchev–Trinajstić information content (AvgIpc) is 2.28. The van der Waals surface area contributed by atoms with Gasteiger partial charge in [-0.2, -0.15) is 5.26 Å². The monoisotopic (exact) mass is 204 g/mol. The van der Waals surface area contributed by atoms with Crippen LogP contribution in [0.3, 0.4) is 0 Å². The Morgan fingerprint density at radius 3 is 2.80 bits per heavy atom. The Hall–Kier alpha value is -1.37. The SMILES string of the molecule is C[C@@H](CO)N[C@H](C)c1cccc(C#N)c1. The summed E-state index contributed by atoms with van der Waals surface area (Å²) in [5.74, 6) is 0.